The van der Waals surface area contributed by atoms with Crippen LogP contribution in [0, 0.1) is 15.9 Å². The molecule has 4 rings (SSSR count). The normalized spacial score (nSPS) is 17.2. The van der Waals surface area contributed by atoms with Gasteiger partial charge in [-0.2, -0.15) is 0 Å². The highest BCUT2D eigenvalue weighted by atomic mass is 19.1. The molecule has 1 saturated heterocycles. The maximum absolute atomic E-state index is 11.9. The number of piperidine rings is 1. The first-order chi connectivity index (χ1) is 13.1. The Kier molecular flexibility index (Phi) is 6.40. The summed E-state index contributed by atoms with van der Waals surface area (Å²) in [5.41, 5.74) is 2.56. The fraction of sp³-hybridized carbons (Fsp3) is 0.429. The molecule has 0 spiro atoms. The van der Waals surface area contributed by atoms with Gasteiger partial charge in [0.15, 0.2) is 0 Å². The SMILES string of the molecule is CCN1CCC(N2CCc3ccc([N+](=O)[O-])cc32)CC1.Fc1ccccc1. The average Bonchev–Trinajstić information content (AvgIpc) is 3.12. The molecule has 0 bridgehead atoms. The van der Waals surface area contributed by atoms with E-state index in [1.807, 2.05) is 6.07 Å². The van der Waals surface area contributed by atoms with Crippen LogP contribution in [0.5, 0.6) is 0 Å². The monoisotopic (exact) mass is 371 g/mol. The topological polar surface area (TPSA) is 49.6 Å². The Morgan fingerprint density at radius 2 is 1.81 bits per heavy atom. The van der Waals surface area contributed by atoms with Crippen LogP contribution in [-0.4, -0.2) is 42.0 Å². The van der Waals surface area contributed by atoms with E-state index in [0.717, 1.165) is 51.1 Å². The molecule has 0 unspecified atom stereocenters. The summed E-state index contributed by atoms with van der Waals surface area (Å²) in [4.78, 5) is 15.5. The lowest BCUT2D eigenvalue weighted by molar-refractivity contribution is -0.384. The van der Waals surface area contributed by atoms with E-state index in [9.17, 15) is 14.5 Å². The standard InChI is InChI=1S/C15H21N3O2.C6H5F/c1-2-16-8-6-13(7-9-16)17-10-5-12-3-4-14(18(19)20)11-15(12)17;7-6-4-2-1-3-5-6/h3-4,11,13H,2,5-10H2,1H3;1-5H. The minimum absolute atomic E-state index is 0.178. The van der Waals surface area contributed by atoms with Crippen LogP contribution in [0.4, 0.5) is 15.8 Å². The van der Waals surface area contributed by atoms with Crippen LogP contribution in [0.15, 0.2) is 48.5 Å². The third-order valence-electron chi connectivity index (χ3n) is 5.39. The van der Waals surface area contributed by atoms with Gasteiger partial charge in [0.1, 0.15) is 5.82 Å². The number of benzene rings is 2. The van der Waals surface area contributed by atoms with Crippen molar-refractivity contribution in [1.29, 1.82) is 0 Å². The Balaban J connectivity index is 0.000000253. The molecule has 2 heterocycles. The molecule has 6 heteroatoms. The third kappa shape index (κ3) is 4.83. The first-order valence-corrected chi connectivity index (χ1v) is 9.55. The van der Waals surface area contributed by atoms with E-state index in [-0.39, 0.29) is 16.4 Å². The lowest BCUT2D eigenvalue weighted by Gasteiger charge is -2.37. The molecule has 2 aromatic carbocycles. The molecule has 0 radical (unpaired) electrons. The van der Waals surface area contributed by atoms with Gasteiger partial charge < -0.3 is 9.80 Å². The summed E-state index contributed by atoms with van der Waals surface area (Å²) in [7, 11) is 0. The highest BCUT2D eigenvalue weighted by Crippen LogP contribution is 2.35. The zero-order valence-corrected chi connectivity index (χ0v) is 15.7. The predicted molar refractivity (Wildman–Crippen MR) is 106 cm³/mol. The molecule has 0 amide bonds. The minimum Gasteiger partial charge on any atom is -0.368 e. The molecular formula is C21H26FN3O2. The van der Waals surface area contributed by atoms with Gasteiger partial charge in [-0.05, 0) is 43.5 Å². The smallest absolute Gasteiger partial charge is 0.271 e. The summed E-state index contributed by atoms with van der Waals surface area (Å²) < 4.78 is 11.9. The molecule has 0 aliphatic carbocycles. The number of rotatable bonds is 3. The highest BCUT2D eigenvalue weighted by molar-refractivity contribution is 5.63. The Bertz CT molecular complexity index is 761. The number of halogens is 1. The maximum atomic E-state index is 11.9. The molecule has 0 N–H and O–H groups in total. The largest absolute Gasteiger partial charge is 0.368 e. The number of fused-ring (bicyclic) bond motifs is 1. The molecule has 144 valence electrons. The number of nitrogens with zero attached hydrogens (tertiary/aromatic N) is 3. The van der Waals surface area contributed by atoms with E-state index in [0.29, 0.717) is 6.04 Å². The minimum atomic E-state index is -0.295. The van der Waals surface area contributed by atoms with Gasteiger partial charge in [0.25, 0.3) is 5.69 Å². The molecule has 2 aromatic rings. The van der Waals surface area contributed by atoms with Crippen molar-refractivity contribution < 1.29 is 9.31 Å². The lowest BCUT2D eigenvalue weighted by atomic mass is 10.0. The van der Waals surface area contributed by atoms with Crippen LogP contribution in [0.2, 0.25) is 0 Å². The van der Waals surface area contributed by atoms with E-state index in [1.54, 1.807) is 30.3 Å². The fourth-order valence-corrected chi connectivity index (χ4v) is 3.85. The summed E-state index contributed by atoms with van der Waals surface area (Å²) >= 11 is 0. The van der Waals surface area contributed by atoms with Crippen LogP contribution in [0.25, 0.3) is 0 Å². The molecule has 1 fully saturated rings. The number of nitro benzene ring substituents is 1. The van der Waals surface area contributed by atoms with Crippen LogP contribution in [0.3, 0.4) is 0 Å². The van der Waals surface area contributed by atoms with E-state index in [2.05, 4.69) is 16.7 Å². The van der Waals surface area contributed by atoms with Gasteiger partial charge in [-0.1, -0.05) is 31.2 Å². The Morgan fingerprint density at radius 1 is 1.11 bits per heavy atom. The predicted octanol–water partition coefficient (Wildman–Crippen LogP) is 4.27. The van der Waals surface area contributed by atoms with Gasteiger partial charge in [-0.15, -0.1) is 0 Å². The van der Waals surface area contributed by atoms with Crippen molar-refractivity contribution in [3.63, 3.8) is 0 Å². The van der Waals surface area contributed by atoms with Crippen LogP contribution in [-0.2, 0) is 6.42 Å². The molecule has 5 nitrogen and oxygen atoms in total. The van der Waals surface area contributed by atoms with E-state index in [4.69, 9.17) is 0 Å². The third-order valence-corrected chi connectivity index (χ3v) is 5.39. The van der Waals surface area contributed by atoms with Crippen molar-refractivity contribution >= 4 is 11.4 Å². The first-order valence-electron chi connectivity index (χ1n) is 9.55. The number of likely N-dealkylation sites (tertiary alicyclic amines) is 1. The second-order valence-corrected chi connectivity index (χ2v) is 6.97. The second kappa shape index (κ2) is 8.95. The number of hydrogen-bond acceptors (Lipinski definition) is 4. The molecule has 0 atom stereocenters. The molecule has 0 aromatic heterocycles. The van der Waals surface area contributed by atoms with Crippen molar-refractivity contribution in [3.8, 4) is 0 Å². The average molecular weight is 371 g/mol. The summed E-state index contributed by atoms with van der Waals surface area (Å²) in [5, 5.41) is 10.9. The number of anilines is 1. The van der Waals surface area contributed by atoms with Gasteiger partial charge in [0.2, 0.25) is 0 Å². The highest BCUT2D eigenvalue weighted by Gasteiger charge is 2.30. The zero-order valence-electron chi connectivity index (χ0n) is 15.7. The van der Waals surface area contributed by atoms with Crippen molar-refractivity contribution in [3.05, 3.63) is 70.0 Å². The van der Waals surface area contributed by atoms with Gasteiger partial charge in [-0.25, -0.2) is 4.39 Å². The summed E-state index contributed by atoms with van der Waals surface area (Å²) in [6.45, 7) is 6.61. The Labute approximate surface area is 159 Å². The van der Waals surface area contributed by atoms with Crippen LogP contribution < -0.4 is 4.90 Å². The summed E-state index contributed by atoms with van der Waals surface area (Å²) in [5.74, 6) is -0.178. The quantitative estimate of drug-likeness (QED) is 0.597. The first kappa shape index (κ1) is 19.3. The molecule has 27 heavy (non-hydrogen) atoms. The van der Waals surface area contributed by atoms with Crippen molar-refractivity contribution in [2.24, 2.45) is 0 Å². The van der Waals surface area contributed by atoms with E-state index >= 15 is 0 Å². The van der Waals surface area contributed by atoms with Crippen molar-refractivity contribution in [1.82, 2.24) is 4.90 Å². The molecule has 2 aliphatic heterocycles. The van der Waals surface area contributed by atoms with Gasteiger partial charge in [0.05, 0.1) is 4.92 Å². The van der Waals surface area contributed by atoms with Gasteiger partial charge in [-0.3, -0.25) is 10.1 Å². The summed E-state index contributed by atoms with van der Waals surface area (Å²) in [6, 6.07) is 13.8. The maximum Gasteiger partial charge on any atom is 0.271 e. The van der Waals surface area contributed by atoms with Crippen molar-refractivity contribution in [2.45, 2.75) is 32.2 Å². The zero-order chi connectivity index (χ0) is 19.2. The Hall–Kier alpha value is -2.47. The fourth-order valence-electron chi connectivity index (χ4n) is 3.85. The number of nitro groups is 1. The summed E-state index contributed by atoms with van der Waals surface area (Å²) in [6.07, 6.45) is 3.34. The number of non-ortho nitro benzene ring substituents is 1. The van der Waals surface area contributed by atoms with E-state index in [1.165, 1.54) is 17.7 Å². The second-order valence-electron chi connectivity index (χ2n) is 6.97. The molecule has 2 aliphatic rings. The van der Waals surface area contributed by atoms with Crippen LogP contribution >= 0.6 is 0 Å². The molecular weight excluding hydrogens is 345 g/mol. The van der Waals surface area contributed by atoms with Gasteiger partial charge >= 0.3 is 0 Å². The van der Waals surface area contributed by atoms with Gasteiger partial charge in [0, 0.05) is 43.5 Å². The lowest BCUT2D eigenvalue weighted by Crippen LogP contribution is -2.44. The van der Waals surface area contributed by atoms with Crippen molar-refractivity contribution in [2.75, 3.05) is 31.1 Å². The molecule has 0 saturated carbocycles. The van der Waals surface area contributed by atoms with E-state index < -0.39 is 0 Å². The Morgan fingerprint density at radius 3 is 2.37 bits per heavy atom. The number of hydrogen-bond donors (Lipinski definition) is 0. The van der Waals surface area contributed by atoms with Crippen LogP contribution in [0.1, 0.15) is 25.3 Å².